The maximum atomic E-state index is 11.2. The smallest absolute Gasteiger partial charge is 0.160 e. The Labute approximate surface area is 131 Å². The molecule has 21 heavy (non-hydrogen) atoms. The number of carbonyl (C=O) groups is 1. The van der Waals surface area contributed by atoms with E-state index in [1.807, 2.05) is 5.38 Å². The monoisotopic (exact) mass is 298 g/mol. The van der Waals surface area contributed by atoms with Gasteiger partial charge in [-0.25, -0.2) is 0 Å². The van der Waals surface area contributed by atoms with Crippen molar-refractivity contribution in [2.45, 2.75) is 51.4 Å². The summed E-state index contributed by atoms with van der Waals surface area (Å²) in [6, 6.07) is 8.82. The predicted octanol–water partition coefficient (Wildman–Crippen LogP) is 5.58. The Bertz CT molecular complexity index is 691. The first kappa shape index (κ1) is 14.5. The summed E-state index contributed by atoms with van der Waals surface area (Å²) in [5.74, 6) is 0. The Morgan fingerprint density at radius 1 is 1.00 bits per heavy atom. The van der Waals surface area contributed by atoms with E-state index in [0.717, 1.165) is 16.7 Å². The van der Waals surface area contributed by atoms with Crippen LogP contribution in [0.25, 0.3) is 11.1 Å². The van der Waals surface area contributed by atoms with Gasteiger partial charge in [0.15, 0.2) is 6.29 Å². The number of hydrogen-bond acceptors (Lipinski definition) is 2. The number of carbonyl (C=O) groups excluding carboxylic acids is 1. The van der Waals surface area contributed by atoms with E-state index in [9.17, 15) is 4.79 Å². The van der Waals surface area contributed by atoms with Gasteiger partial charge < -0.3 is 0 Å². The highest BCUT2D eigenvalue weighted by molar-refractivity contribution is 7.12. The molecule has 3 rings (SSSR count). The normalized spacial score (nSPS) is 19.0. The minimum atomic E-state index is 0.207. The molecule has 1 nitrogen and oxygen atoms in total. The molecule has 0 spiro atoms. The summed E-state index contributed by atoms with van der Waals surface area (Å²) in [5.41, 5.74) is 5.59. The minimum absolute atomic E-state index is 0.207. The van der Waals surface area contributed by atoms with Gasteiger partial charge in [-0.3, -0.25) is 4.79 Å². The first-order valence-corrected chi connectivity index (χ1v) is 8.41. The van der Waals surface area contributed by atoms with Crippen molar-refractivity contribution in [2.24, 2.45) is 0 Å². The van der Waals surface area contributed by atoms with Gasteiger partial charge >= 0.3 is 0 Å². The van der Waals surface area contributed by atoms with Gasteiger partial charge in [0.2, 0.25) is 0 Å². The van der Waals surface area contributed by atoms with E-state index >= 15 is 0 Å². The second-order valence-corrected chi connectivity index (χ2v) is 8.29. The summed E-state index contributed by atoms with van der Waals surface area (Å²) in [6.45, 7) is 9.34. The topological polar surface area (TPSA) is 17.1 Å². The van der Waals surface area contributed by atoms with Crippen LogP contribution in [-0.2, 0) is 10.8 Å². The van der Waals surface area contributed by atoms with E-state index in [0.29, 0.717) is 0 Å². The molecule has 1 heterocycles. The fraction of sp³-hybridized carbons (Fsp3) is 0.421. The van der Waals surface area contributed by atoms with E-state index in [1.54, 1.807) is 0 Å². The van der Waals surface area contributed by atoms with Crippen LogP contribution in [0.1, 0.15) is 61.3 Å². The van der Waals surface area contributed by atoms with Gasteiger partial charge in [0, 0.05) is 5.56 Å². The van der Waals surface area contributed by atoms with Gasteiger partial charge in [-0.1, -0.05) is 45.9 Å². The SMILES string of the molecule is CC1(C)CCC(C)(C)c2cc(-c3ccsc3C=O)ccc21. The lowest BCUT2D eigenvalue weighted by molar-refractivity contribution is 0.112. The van der Waals surface area contributed by atoms with Crippen LogP contribution in [0.4, 0.5) is 0 Å². The molecule has 0 aliphatic heterocycles. The molecule has 2 aromatic rings. The lowest BCUT2D eigenvalue weighted by Crippen LogP contribution is -2.33. The quantitative estimate of drug-likeness (QED) is 0.662. The van der Waals surface area contributed by atoms with E-state index in [4.69, 9.17) is 0 Å². The number of hydrogen-bond donors (Lipinski definition) is 0. The fourth-order valence-corrected chi connectivity index (χ4v) is 4.13. The summed E-state index contributed by atoms with van der Waals surface area (Å²) in [7, 11) is 0. The largest absolute Gasteiger partial charge is 0.297 e. The van der Waals surface area contributed by atoms with Crippen LogP contribution in [-0.4, -0.2) is 6.29 Å². The van der Waals surface area contributed by atoms with E-state index < -0.39 is 0 Å². The first-order chi connectivity index (χ1) is 9.85. The van der Waals surface area contributed by atoms with Gasteiger partial charge in [0.1, 0.15) is 0 Å². The molecule has 0 N–H and O–H groups in total. The zero-order chi connectivity index (χ0) is 15.3. The molecule has 0 amide bonds. The average Bonchev–Trinajstić information content (AvgIpc) is 2.92. The van der Waals surface area contributed by atoms with Crippen molar-refractivity contribution in [3.05, 3.63) is 45.6 Å². The standard InChI is InChI=1S/C19H22OS/c1-18(2)8-9-19(3,4)16-11-13(5-6-15(16)18)14-7-10-21-17(14)12-20/h5-7,10-12H,8-9H2,1-4H3. The number of benzene rings is 1. The Hall–Kier alpha value is -1.41. The molecule has 0 bridgehead atoms. The molecule has 1 aromatic heterocycles. The molecule has 0 saturated heterocycles. The van der Waals surface area contributed by atoms with E-state index in [-0.39, 0.29) is 10.8 Å². The molecule has 0 unspecified atom stereocenters. The van der Waals surface area contributed by atoms with Gasteiger partial charge in [-0.05, 0) is 51.8 Å². The summed E-state index contributed by atoms with van der Waals surface area (Å²) >= 11 is 1.51. The van der Waals surface area contributed by atoms with Crippen LogP contribution in [0.5, 0.6) is 0 Å². The highest BCUT2D eigenvalue weighted by atomic mass is 32.1. The lowest BCUT2D eigenvalue weighted by atomic mass is 9.63. The maximum absolute atomic E-state index is 11.2. The average molecular weight is 298 g/mol. The zero-order valence-electron chi connectivity index (χ0n) is 13.2. The molecule has 1 aliphatic carbocycles. The van der Waals surface area contributed by atoms with Crippen LogP contribution in [0.15, 0.2) is 29.6 Å². The summed E-state index contributed by atoms with van der Waals surface area (Å²) < 4.78 is 0. The first-order valence-electron chi connectivity index (χ1n) is 7.53. The third kappa shape index (κ3) is 2.36. The van der Waals surface area contributed by atoms with Crippen molar-refractivity contribution in [1.82, 2.24) is 0 Å². The highest BCUT2D eigenvalue weighted by Crippen LogP contribution is 2.47. The Morgan fingerprint density at radius 2 is 1.67 bits per heavy atom. The highest BCUT2D eigenvalue weighted by Gasteiger charge is 2.37. The van der Waals surface area contributed by atoms with Crippen LogP contribution in [0.3, 0.4) is 0 Å². The Kier molecular flexibility index (Phi) is 3.32. The van der Waals surface area contributed by atoms with Gasteiger partial charge in [-0.15, -0.1) is 11.3 Å². The lowest BCUT2D eigenvalue weighted by Gasteiger charge is -2.42. The van der Waals surface area contributed by atoms with Crippen LogP contribution in [0, 0.1) is 0 Å². The van der Waals surface area contributed by atoms with Gasteiger partial charge in [0.25, 0.3) is 0 Å². The molecule has 0 atom stereocenters. The van der Waals surface area contributed by atoms with Gasteiger partial charge in [-0.2, -0.15) is 0 Å². The number of rotatable bonds is 2. The van der Waals surface area contributed by atoms with Crippen molar-refractivity contribution >= 4 is 17.6 Å². The van der Waals surface area contributed by atoms with Crippen molar-refractivity contribution in [3.63, 3.8) is 0 Å². The molecular weight excluding hydrogens is 276 g/mol. The van der Waals surface area contributed by atoms with Crippen LogP contribution in [0.2, 0.25) is 0 Å². The second-order valence-electron chi connectivity index (χ2n) is 7.34. The maximum Gasteiger partial charge on any atom is 0.160 e. The molecule has 1 aliphatic rings. The van der Waals surface area contributed by atoms with Crippen molar-refractivity contribution in [2.75, 3.05) is 0 Å². The van der Waals surface area contributed by atoms with Crippen LogP contribution < -0.4 is 0 Å². The molecule has 110 valence electrons. The molecule has 0 saturated carbocycles. The van der Waals surface area contributed by atoms with Crippen LogP contribution >= 0.6 is 11.3 Å². The van der Waals surface area contributed by atoms with Gasteiger partial charge in [0.05, 0.1) is 4.88 Å². The summed E-state index contributed by atoms with van der Waals surface area (Å²) in [5, 5.41) is 1.99. The summed E-state index contributed by atoms with van der Waals surface area (Å²) in [4.78, 5) is 12.0. The molecular formula is C19H22OS. The van der Waals surface area contributed by atoms with Crippen molar-refractivity contribution < 1.29 is 4.79 Å². The molecule has 0 fully saturated rings. The Morgan fingerprint density at radius 3 is 2.33 bits per heavy atom. The van der Waals surface area contributed by atoms with Crippen molar-refractivity contribution in [3.8, 4) is 11.1 Å². The fourth-order valence-electron chi connectivity index (χ4n) is 3.41. The zero-order valence-corrected chi connectivity index (χ0v) is 14.0. The third-order valence-corrected chi connectivity index (χ3v) is 5.81. The van der Waals surface area contributed by atoms with E-state index in [1.165, 1.54) is 40.9 Å². The predicted molar refractivity (Wildman–Crippen MR) is 90.4 cm³/mol. The second kappa shape index (κ2) is 4.81. The third-order valence-electron chi connectivity index (χ3n) is 4.97. The minimum Gasteiger partial charge on any atom is -0.297 e. The van der Waals surface area contributed by atoms with Crippen molar-refractivity contribution in [1.29, 1.82) is 0 Å². The molecule has 1 aromatic carbocycles. The molecule has 0 radical (unpaired) electrons. The Balaban J connectivity index is 2.19. The number of fused-ring (bicyclic) bond motifs is 1. The molecule has 2 heteroatoms. The summed E-state index contributed by atoms with van der Waals surface area (Å²) in [6.07, 6.45) is 3.40. The number of aldehydes is 1. The van der Waals surface area contributed by atoms with E-state index in [2.05, 4.69) is 52.0 Å². The number of thiophene rings is 1.